The van der Waals surface area contributed by atoms with E-state index in [4.69, 9.17) is 27.9 Å². The lowest BCUT2D eigenvalue weighted by atomic mass is 10.3. The quantitative estimate of drug-likeness (QED) is 0.800. The monoisotopic (exact) mass is 232 g/mol. The van der Waals surface area contributed by atoms with Gasteiger partial charge in [0.2, 0.25) is 0 Å². The molecule has 0 saturated carbocycles. The number of rotatable bonds is 3. The molecule has 0 radical (unpaired) electrons. The van der Waals surface area contributed by atoms with Crippen LogP contribution in [0.4, 0.5) is 0 Å². The first kappa shape index (κ1) is 11.3. The van der Waals surface area contributed by atoms with Crippen LogP contribution in [0.2, 0.25) is 10.0 Å². The van der Waals surface area contributed by atoms with Crippen LogP contribution in [0.15, 0.2) is 18.2 Å². The fourth-order valence-electron chi connectivity index (χ4n) is 0.884. The Morgan fingerprint density at radius 2 is 1.79 bits per heavy atom. The van der Waals surface area contributed by atoms with Crippen molar-refractivity contribution < 1.29 is 9.53 Å². The second-order valence-electron chi connectivity index (χ2n) is 2.98. The minimum Gasteiger partial charge on any atom is -0.483 e. The number of ketones is 1. The molecule has 0 amide bonds. The number of Topliss-reactive ketones (excluding diaryl/α,β-unsaturated/α-hetero) is 1. The molecule has 4 heteroatoms. The van der Waals surface area contributed by atoms with Crippen LogP contribution in [-0.4, -0.2) is 11.9 Å². The maximum absolute atomic E-state index is 10.9. The highest BCUT2D eigenvalue weighted by Crippen LogP contribution is 2.24. The third kappa shape index (κ3) is 3.20. The summed E-state index contributed by atoms with van der Waals surface area (Å²) in [5, 5.41) is 0.978. The molecule has 0 aromatic heterocycles. The van der Waals surface area contributed by atoms with Crippen LogP contribution >= 0.6 is 23.2 Å². The molecule has 0 heterocycles. The third-order valence-electron chi connectivity index (χ3n) is 1.72. The number of halogens is 2. The number of hydrogen-bond acceptors (Lipinski definition) is 2. The van der Waals surface area contributed by atoms with E-state index >= 15 is 0 Å². The summed E-state index contributed by atoms with van der Waals surface area (Å²) in [6.45, 7) is 3.15. The van der Waals surface area contributed by atoms with Crippen LogP contribution < -0.4 is 4.74 Å². The van der Waals surface area contributed by atoms with Crippen molar-refractivity contribution in [3.8, 4) is 5.75 Å². The normalized spacial score (nSPS) is 12.3. The van der Waals surface area contributed by atoms with E-state index in [-0.39, 0.29) is 5.78 Å². The summed E-state index contributed by atoms with van der Waals surface area (Å²) in [6, 6.07) is 4.84. The number of hydrogen-bond donors (Lipinski definition) is 0. The molecule has 1 unspecified atom stereocenters. The first-order chi connectivity index (χ1) is 6.49. The van der Waals surface area contributed by atoms with Crippen LogP contribution in [0, 0.1) is 0 Å². The molecule has 0 bridgehead atoms. The minimum atomic E-state index is -0.482. The molecule has 0 fully saturated rings. The van der Waals surface area contributed by atoms with Crippen molar-refractivity contribution in [2.45, 2.75) is 20.0 Å². The van der Waals surface area contributed by atoms with Gasteiger partial charge in [-0.1, -0.05) is 23.2 Å². The Morgan fingerprint density at radius 1 is 1.29 bits per heavy atom. The molecule has 14 heavy (non-hydrogen) atoms. The van der Waals surface area contributed by atoms with Gasteiger partial charge in [0, 0.05) is 10.0 Å². The molecule has 0 spiro atoms. The number of ether oxygens (including phenoxy) is 1. The van der Waals surface area contributed by atoms with Crippen LogP contribution in [0.3, 0.4) is 0 Å². The van der Waals surface area contributed by atoms with Crippen molar-refractivity contribution in [2.75, 3.05) is 0 Å². The first-order valence-corrected chi connectivity index (χ1v) is 4.88. The Balaban J connectivity index is 2.81. The van der Waals surface area contributed by atoms with Crippen molar-refractivity contribution in [1.82, 2.24) is 0 Å². The molecular weight excluding hydrogens is 223 g/mol. The number of carbonyl (C=O) groups is 1. The molecule has 0 aliphatic heterocycles. The van der Waals surface area contributed by atoms with Gasteiger partial charge in [-0.15, -0.1) is 0 Å². The van der Waals surface area contributed by atoms with Gasteiger partial charge in [0.25, 0.3) is 0 Å². The lowest BCUT2D eigenvalue weighted by Gasteiger charge is -2.11. The SMILES string of the molecule is CC(=O)C(C)Oc1cc(Cl)cc(Cl)c1. The standard InChI is InChI=1S/C10H10Cl2O2/c1-6(13)7(2)14-10-4-8(11)3-9(12)5-10/h3-5,7H,1-2H3. The maximum atomic E-state index is 10.9. The van der Waals surface area contributed by atoms with Gasteiger partial charge in [0.05, 0.1) is 0 Å². The first-order valence-electron chi connectivity index (χ1n) is 4.12. The molecule has 0 saturated heterocycles. The number of carbonyl (C=O) groups excluding carboxylic acids is 1. The van der Waals surface area contributed by atoms with Crippen LogP contribution in [-0.2, 0) is 4.79 Å². The van der Waals surface area contributed by atoms with Gasteiger partial charge in [0.15, 0.2) is 11.9 Å². The predicted molar refractivity (Wildman–Crippen MR) is 57.2 cm³/mol. The summed E-state index contributed by atoms with van der Waals surface area (Å²) in [7, 11) is 0. The fourth-order valence-corrected chi connectivity index (χ4v) is 1.39. The van der Waals surface area contributed by atoms with E-state index in [2.05, 4.69) is 0 Å². The van der Waals surface area contributed by atoms with Crippen LogP contribution in [0.1, 0.15) is 13.8 Å². The predicted octanol–water partition coefficient (Wildman–Crippen LogP) is 3.35. The summed E-state index contributed by atoms with van der Waals surface area (Å²) in [5.41, 5.74) is 0. The third-order valence-corrected chi connectivity index (χ3v) is 2.16. The Kier molecular flexibility index (Phi) is 3.78. The highest BCUT2D eigenvalue weighted by Gasteiger charge is 2.09. The smallest absolute Gasteiger partial charge is 0.169 e. The van der Waals surface area contributed by atoms with Crippen molar-refractivity contribution in [3.05, 3.63) is 28.2 Å². The highest BCUT2D eigenvalue weighted by molar-refractivity contribution is 6.34. The van der Waals surface area contributed by atoms with E-state index in [1.807, 2.05) is 0 Å². The molecule has 76 valence electrons. The summed E-state index contributed by atoms with van der Waals surface area (Å²) in [5.74, 6) is 0.464. The Hall–Kier alpha value is -0.730. The second kappa shape index (κ2) is 4.67. The van der Waals surface area contributed by atoms with Crippen molar-refractivity contribution in [3.63, 3.8) is 0 Å². The number of benzene rings is 1. The van der Waals surface area contributed by atoms with E-state index < -0.39 is 6.10 Å². The van der Waals surface area contributed by atoms with Gasteiger partial charge in [-0.2, -0.15) is 0 Å². The van der Waals surface area contributed by atoms with Crippen LogP contribution in [0.25, 0.3) is 0 Å². The maximum Gasteiger partial charge on any atom is 0.169 e. The molecule has 0 aliphatic carbocycles. The zero-order chi connectivity index (χ0) is 10.7. The molecule has 1 aromatic carbocycles. The van der Waals surface area contributed by atoms with E-state index in [0.717, 1.165) is 0 Å². The summed E-state index contributed by atoms with van der Waals surface area (Å²) in [6.07, 6.45) is -0.482. The largest absolute Gasteiger partial charge is 0.483 e. The summed E-state index contributed by atoms with van der Waals surface area (Å²) < 4.78 is 5.32. The Bertz CT molecular complexity index is 330. The zero-order valence-corrected chi connectivity index (χ0v) is 9.39. The topological polar surface area (TPSA) is 26.3 Å². The van der Waals surface area contributed by atoms with E-state index in [1.54, 1.807) is 25.1 Å². The Morgan fingerprint density at radius 3 is 2.21 bits per heavy atom. The van der Waals surface area contributed by atoms with E-state index in [0.29, 0.717) is 15.8 Å². The van der Waals surface area contributed by atoms with Gasteiger partial charge >= 0.3 is 0 Å². The van der Waals surface area contributed by atoms with Crippen molar-refractivity contribution in [1.29, 1.82) is 0 Å². The summed E-state index contributed by atoms with van der Waals surface area (Å²) in [4.78, 5) is 10.9. The van der Waals surface area contributed by atoms with Crippen molar-refractivity contribution >= 4 is 29.0 Å². The molecule has 1 rings (SSSR count). The van der Waals surface area contributed by atoms with Gasteiger partial charge in [-0.25, -0.2) is 0 Å². The summed E-state index contributed by atoms with van der Waals surface area (Å²) >= 11 is 11.5. The molecule has 2 nitrogen and oxygen atoms in total. The van der Waals surface area contributed by atoms with E-state index in [1.165, 1.54) is 6.92 Å². The second-order valence-corrected chi connectivity index (χ2v) is 3.85. The van der Waals surface area contributed by atoms with Gasteiger partial charge in [0.1, 0.15) is 5.75 Å². The van der Waals surface area contributed by atoms with Gasteiger partial charge in [-0.3, -0.25) is 4.79 Å². The van der Waals surface area contributed by atoms with Crippen LogP contribution in [0.5, 0.6) is 5.75 Å². The molecule has 1 atom stereocenters. The van der Waals surface area contributed by atoms with Crippen molar-refractivity contribution in [2.24, 2.45) is 0 Å². The van der Waals surface area contributed by atoms with Gasteiger partial charge in [-0.05, 0) is 32.0 Å². The van der Waals surface area contributed by atoms with Gasteiger partial charge < -0.3 is 4.74 Å². The average molecular weight is 233 g/mol. The molecule has 0 N–H and O–H groups in total. The lowest BCUT2D eigenvalue weighted by molar-refractivity contribution is -0.122. The molecule has 0 aliphatic rings. The fraction of sp³-hybridized carbons (Fsp3) is 0.300. The molecule has 1 aromatic rings. The Labute approximate surface area is 92.8 Å². The molecular formula is C10H10Cl2O2. The van der Waals surface area contributed by atoms with E-state index in [9.17, 15) is 4.79 Å². The zero-order valence-electron chi connectivity index (χ0n) is 7.88. The lowest BCUT2D eigenvalue weighted by Crippen LogP contribution is -2.20. The average Bonchev–Trinajstić information content (AvgIpc) is 2.01. The highest BCUT2D eigenvalue weighted by atomic mass is 35.5. The minimum absolute atomic E-state index is 0.0407.